The number of allylic oxidation sites excluding steroid dienone is 1. The molecule has 0 unspecified atom stereocenters. The van der Waals surface area contributed by atoms with E-state index in [2.05, 4.69) is 6.58 Å². The molecule has 0 saturated carbocycles. The van der Waals surface area contributed by atoms with Gasteiger partial charge in [-0.05, 0) is 24.3 Å². The molecule has 0 saturated heterocycles. The van der Waals surface area contributed by atoms with E-state index in [1.165, 1.54) is 0 Å². The molecule has 0 aliphatic rings. The summed E-state index contributed by atoms with van der Waals surface area (Å²) in [7, 11) is 0. The van der Waals surface area contributed by atoms with Gasteiger partial charge in [0.2, 0.25) is 0 Å². The van der Waals surface area contributed by atoms with Crippen LogP contribution in [0.15, 0.2) is 36.4 Å². The maximum Gasteiger partial charge on any atom is 0.195 e. The van der Waals surface area contributed by atoms with Crippen molar-refractivity contribution in [2.75, 3.05) is 0 Å². The Labute approximate surface area is 80.8 Å². The summed E-state index contributed by atoms with van der Waals surface area (Å²) in [6.45, 7) is 3.32. The highest BCUT2D eigenvalue weighted by atomic mass is 35.5. The number of hydrogen-bond acceptors (Lipinski definition) is 2. The number of hydrogen-bond donors (Lipinski definition) is 0. The Morgan fingerprint density at radius 3 is 2.31 bits per heavy atom. The number of carbonyl (C=O) groups excluding carboxylic acids is 2. The minimum atomic E-state index is -0.369. The van der Waals surface area contributed by atoms with E-state index in [4.69, 9.17) is 11.6 Å². The summed E-state index contributed by atoms with van der Waals surface area (Å²) in [6, 6.07) is 6.29. The van der Waals surface area contributed by atoms with Gasteiger partial charge in [0.1, 0.15) is 0 Å². The molecule has 0 aliphatic heterocycles. The quantitative estimate of drug-likeness (QED) is 0.243. The predicted octanol–water partition coefficient (Wildman–Crippen LogP) is 2.28. The molecule has 3 heteroatoms. The predicted molar refractivity (Wildman–Crippen MR) is 51.0 cm³/mol. The molecular weight excluding hydrogens is 188 g/mol. The van der Waals surface area contributed by atoms with Gasteiger partial charge in [0, 0.05) is 10.6 Å². The van der Waals surface area contributed by atoms with Crippen LogP contribution in [0.1, 0.15) is 10.4 Å². The number of halogens is 1. The minimum Gasteiger partial charge on any atom is -0.298 e. The van der Waals surface area contributed by atoms with E-state index in [-0.39, 0.29) is 11.4 Å². The zero-order chi connectivity index (χ0) is 9.84. The van der Waals surface area contributed by atoms with Gasteiger partial charge in [-0.2, -0.15) is 0 Å². The van der Waals surface area contributed by atoms with Gasteiger partial charge < -0.3 is 0 Å². The van der Waals surface area contributed by atoms with Gasteiger partial charge in [0.25, 0.3) is 0 Å². The van der Waals surface area contributed by atoms with Gasteiger partial charge >= 0.3 is 0 Å². The molecule has 0 radical (unpaired) electrons. The fourth-order valence-corrected chi connectivity index (χ4v) is 0.966. The van der Waals surface area contributed by atoms with Crippen LogP contribution in [0.25, 0.3) is 0 Å². The van der Waals surface area contributed by atoms with E-state index in [1.54, 1.807) is 24.3 Å². The summed E-state index contributed by atoms with van der Waals surface area (Å²) < 4.78 is 0. The van der Waals surface area contributed by atoms with Crippen LogP contribution < -0.4 is 0 Å². The molecule has 0 spiro atoms. The molecule has 0 aromatic heterocycles. The smallest absolute Gasteiger partial charge is 0.195 e. The first-order valence-corrected chi connectivity index (χ1v) is 3.97. The van der Waals surface area contributed by atoms with Crippen LogP contribution >= 0.6 is 11.6 Å². The molecule has 0 N–H and O–H groups in total. The van der Waals surface area contributed by atoms with E-state index in [1.807, 2.05) is 0 Å². The number of aldehydes is 1. The second-order valence-electron chi connectivity index (χ2n) is 2.48. The number of ketones is 1. The molecule has 0 heterocycles. The topological polar surface area (TPSA) is 34.1 Å². The first kappa shape index (κ1) is 9.68. The third-order valence-corrected chi connectivity index (χ3v) is 1.79. The van der Waals surface area contributed by atoms with Crippen LogP contribution in [-0.4, -0.2) is 12.1 Å². The van der Waals surface area contributed by atoms with E-state index < -0.39 is 0 Å². The second-order valence-corrected chi connectivity index (χ2v) is 2.92. The van der Waals surface area contributed by atoms with Crippen LogP contribution in [0.2, 0.25) is 5.02 Å². The third-order valence-electron chi connectivity index (χ3n) is 1.54. The van der Waals surface area contributed by atoms with Crippen molar-refractivity contribution in [3.8, 4) is 0 Å². The molecule has 13 heavy (non-hydrogen) atoms. The highest BCUT2D eigenvalue weighted by Gasteiger charge is 2.08. The molecular formula is C10H7ClO2. The molecule has 0 fully saturated rings. The van der Waals surface area contributed by atoms with Crippen molar-refractivity contribution in [1.82, 2.24) is 0 Å². The highest BCUT2D eigenvalue weighted by molar-refractivity contribution is 6.30. The van der Waals surface area contributed by atoms with Crippen LogP contribution in [-0.2, 0) is 4.79 Å². The third kappa shape index (κ3) is 2.26. The fraction of sp³-hybridized carbons (Fsp3) is 0. The summed E-state index contributed by atoms with van der Waals surface area (Å²) in [5.74, 6) is -0.369. The Balaban J connectivity index is 2.96. The lowest BCUT2D eigenvalue weighted by Crippen LogP contribution is -2.02. The summed E-state index contributed by atoms with van der Waals surface area (Å²) >= 11 is 5.63. The lowest BCUT2D eigenvalue weighted by atomic mass is 10.1. The Morgan fingerprint density at radius 2 is 1.85 bits per heavy atom. The first-order valence-electron chi connectivity index (χ1n) is 3.59. The first-order chi connectivity index (χ1) is 6.15. The summed E-state index contributed by atoms with van der Waals surface area (Å²) in [5, 5.41) is 0.549. The van der Waals surface area contributed by atoms with Gasteiger partial charge in [-0.1, -0.05) is 18.2 Å². The van der Waals surface area contributed by atoms with Crippen molar-refractivity contribution >= 4 is 23.7 Å². The highest BCUT2D eigenvalue weighted by Crippen LogP contribution is 2.11. The van der Waals surface area contributed by atoms with Gasteiger partial charge in [0.15, 0.2) is 12.1 Å². The van der Waals surface area contributed by atoms with Crippen LogP contribution in [0.3, 0.4) is 0 Å². The standard InChI is InChI=1S/C10H7ClO2/c1-7(6-12)10(13)8-2-4-9(11)5-3-8/h2-6H,1H2. The lowest BCUT2D eigenvalue weighted by molar-refractivity contribution is -0.104. The van der Waals surface area contributed by atoms with Crippen molar-refractivity contribution in [3.63, 3.8) is 0 Å². The molecule has 0 aliphatic carbocycles. The van der Waals surface area contributed by atoms with Crippen LogP contribution in [0, 0.1) is 0 Å². The van der Waals surface area contributed by atoms with Crippen LogP contribution in [0.5, 0.6) is 0 Å². The van der Waals surface area contributed by atoms with Crippen LogP contribution in [0.4, 0.5) is 0 Å². The van der Waals surface area contributed by atoms with E-state index in [0.717, 1.165) is 0 Å². The van der Waals surface area contributed by atoms with Crippen molar-refractivity contribution in [3.05, 3.63) is 47.0 Å². The monoisotopic (exact) mass is 194 g/mol. The Kier molecular flexibility index (Phi) is 2.98. The number of carbonyl (C=O) groups is 2. The molecule has 0 bridgehead atoms. The Morgan fingerprint density at radius 1 is 1.31 bits per heavy atom. The molecule has 0 amide bonds. The summed E-state index contributed by atoms with van der Waals surface area (Å²) in [5.41, 5.74) is 0.365. The Hall–Kier alpha value is -1.41. The molecule has 66 valence electrons. The second kappa shape index (κ2) is 4.01. The Bertz CT molecular complexity index is 352. The van der Waals surface area contributed by atoms with Gasteiger partial charge in [0.05, 0.1) is 5.57 Å². The maximum atomic E-state index is 11.3. The van der Waals surface area contributed by atoms with Crippen molar-refractivity contribution < 1.29 is 9.59 Å². The zero-order valence-electron chi connectivity index (χ0n) is 6.79. The minimum absolute atomic E-state index is 0.0534. The molecule has 1 rings (SSSR count). The van der Waals surface area contributed by atoms with Crippen molar-refractivity contribution in [2.45, 2.75) is 0 Å². The number of rotatable bonds is 3. The number of benzene rings is 1. The summed E-state index contributed by atoms with van der Waals surface area (Å²) in [6.07, 6.45) is 0.441. The van der Waals surface area contributed by atoms with E-state index >= 15 is 0 Å². The maximum absolute atomic E-state index is 11.3. The molecule has 0 atom stereocenters. The van der Waals surface area contributed by atoms with E-state index in [9.17, 15) is 9.59 Å². The van der Waals surface area contributed by atoms with Crippen molar-refractivity contribution in [2.24, 2.45) is 0 Å². The lowest BCUT2D eigenvalue weighted by Gasteiger charge is -1.97. The van der Waals surface area contributed by atoms with Gasteiger partial charge in [-0.3, -0.25) is 9.59 Å². The SMILES string of the molecule is C=C(C=O)C(=O)c1ccc(Cl)cc1. The average molecular weight is 195 g/mol. The largest absolute Gasteiger partial charge is 0.298 e. The summed E-state index contributed by atoms with van der Waals surface area (Å²) in [4.78, 5) is 21.6. The molecule has 2 nitrogen and oxygen atoms in total. The van der Waals surface area contributed by atoms with Crippen molar-refractivity contribution in [1.29, 1.82) is 0 Å². The average Bonchev–Trinajstić information content (AvgIpc) is 2.17. The van der Waals surface area contributed by atoms with Gasteiger partial charge in [-0.15, -0.1) is 0 Å². The number of Topliss-reactive ketones (excluding diaryl/α,β-unsaturated/α-hetero) is 1. The molecule has 1 aromatic carbocycles. The molecule has 1 aromatic rings. The van der Waals surface area contributed by atoms with Gasteiger partial charge in [-0.25, -0.2) is 0 Å². The van der Waals surface area contributed by atoms with E-state index in [0.29, 0.717) is 16.9 Å². The zero-order valence-corrected chi connectivity index (χ0v) is 7.54. The normalized spacial score (nSPS) is 9.31. The fourth-order valence-electron chi connectivity index (χ4n) is 0.840.